The fourth-order valence-electron chi connectivity index (χ4n) is 2.52. The van der Waals surface area contributed by atoms with Gasteiger partial charge in [0.05, 0.1) is 5.56 Å². The van der Waals surface area contributed by atoms with Crippen molar-refractivity contribution in [2.75, 3.05) is 6.61 Å². The molecule has 0 spiro atoms. The Morgan fingerprint density at radius 3 is 2.43 bits per heavy atom. The first-order valence-corrected chi connectivity index (χ1v) is 6.85. The molecule has 1 atom stereocenters. The molecule has 1 unspecified atom stereocenters. The van der Waals surface area contributed by atoms with E-state index in [0.717, 1.165) is 12.1 Å². The van der Waals surface area contributed by atoms with E-state index < -0.39 is 17.7 Å². The third-order valence-corrected chi connectivity index (χ3v) is 3.58. The highest BCUT2D eigenvalue weighted by atomic mass is 19.4. The Bertz CT molecular complexity index is 682. The van der Waals surface area contributed by atoms with Crippen molar-refractivity contribution in [2.24, 2.45) is 0 Å². The number of nitrogens with zero attached hydrogens (tertiary/aromatic N) is 2. The number of carbonyl (C=O) groups excluding carboxylic acids is 1. The molecule has 2 rings (SSSR count). The highest BCUT2D eigenvalue weighted by Crippen LogP contribution is 2.34. The van der Waals surface area contributed by atoms with E-state index in [9.17, 15) is 18.0 Å². The SMILES string of the molecule is Cc1ncnc(C)c1C(COC=O)c1cccc(C(F)(F)F)c1. The van der Waals surface area contributed by atoms with E-state index in [4.69, 9.17) is 4.74 Å². The van der Waals surface area contributed by atoms with Crippen molar-refractivity contribution in [1.82, 2.24) is 9.97 Å². The quantitative estimate of drug-likeness (QED) is 0.791. The Kier molecular flexibility index (Phi) is 4.98. The topological polar surface area (TPSA) is 52.1 Å². The van der Waals surface area contributed by atoms with E-state index in [1.807, 2.05) is 0 Å². The van der Waals surface area contributed by atoms with Gasteiger partial charge in [-0.25, -0.2) is 9.97 Å². The number of halogens is 3. The van der Waals surface area contributed by atoms with Gasteiger partial charge in [0.2, 0.25) is 0 Å². The first-order valence-electron chi connectivity index (χ1n) is 6.85. The second-order valence-corrected chi connectivity index (χ2v) is 5.06. The third-order valence-electron chi connectivity index (χ3n) is 3.58. The number of hydrogen-bond donors (Lipinski definition) is 0. The van der Waals surface area contributed by atoms with Crippen LogP contribution in [0.25, 0.3) is 0 Å². The fourth-order valence-corrected chi connectivity index (χ4v) is 2.52. The normalized spacial score (nSPS) is 12.7. The maximum absolute atomic E-state index is 12.9. The minimum atomic E-state index is -4.44. The summed E-state index contributed by atoms with van der Waals surface area (Å²) in [6.07, 6.45) is -3.05. The summed E-state index contributed by atoms with van der Waals surface area (Å²) in [6, 6.07) is 4.97. The molecule has 0 aliphatic rings. The van der Waals surface area contributed by atoms with Crippen molar-refractivity contribution in [2.45, 2.75) is 25.9 Å². The van der Waals surface area contributed by atoms with Crippen LogP contribution in [0.15, 0.2) is 30.6 Å². The minimum Gasteiger partial charge on any atom is -0.467 e. The molecule has 1 heterocycles. The summed E-state index contributed by atoms with van der Waals surface area (Å²) >= 11 is 0. The van der Waals surface area contributed by atoms with Crippen LogP contribution in [-0.2, 0) is 15.7 Å². The molecule has 0 aliphatic heterocycles. The molecule has 0 fully saturated rings. The van der Waals surface area contributed by atoms with E-state index in [1.54, 1.807) is 19.9 Å². The predicted octanol–water partition coefficient (Wildman–Crippen LogP) is 3.42. The van der Waals surface area contributed by atoms with Gasteiger partial charge < -0.3 is 4.74 Å². The van der Waals surface area contributed by atoms with Gasteiger partial charge in [-0.05, 0) is 25.5 Å². The summed E-state index contributed by atoms with van der Waals surface area (Å²) < 4.78 is 43.6. The lowest BCUT2D eigenvalue weighted by Crippen LogP contribution is -2.15. The number of benzene rings is 1. The van der Waals surface area contributed by atoms with Gasteiger partial charge in [-0.1, -0.05) is 18.2 Å². The van der Waals surface area contributed by atoms with Crippen molar-refractivity contribution in [1.29, 1.82) is 0 Å². The van der Waals surface area contributed by atoms with Crippen LogP contribution in [0.5, 0.6) is 0 Å². The van der Waals surface area contributed by atoms with E-state index in [1.165, 1.54) is 12.4 Å². The number of alkyl halides is 3. The zero-order chi connectivity index (χ0) is 17.0. The average molecular weight is 324 g/mol. The molecule has 4 nitrogen and oxygen atoms in total. The van der Waals surface area contributed by atoms with Gasteiger partial charge >= 0.3 is 6.18 Å². The van der Waals surface area contributed by atoms with Crippen molar-refractivity contribution >= 4 is 6.47 Å². The average Bonchev–Trinajstić information content (AvgIpc) is 2.49. The predicted molar refractivity (Wildman–Crippen MR) is 76.8 cm³/mol. The van der Waals surface area contributed by atoms with Crippen LogP contribution >= 0.6 is 0 Å². The standard InChI is InChI=1S/C16H15F3N2O2/c1-10-15(11(2)21-8-20-10)14(7-23-9-22)12-4-3-5-13(6-12)16(17,18)19/h3-6,8-9,14H,7H2,1-2H3. The first kappa shape index (κ1) is 16.9. The molecule has 0 saturated carbocycles. The summed E-state index contributed by atoms with van der Waals surface area (Å²) in [7, 11) is 0. The monoisotopic (exact) mass is 324 g/mol. The lowest BCUT2D eigenvalue weighted by atomic mass is 9.89. The number of rotatable bonds is 5. The van der Waals surface area contributed by atoms with E-state index in [0.29, 0.717) is 22.5 Å². The van der Waals surface area contributed by atoms with Gasteiger partial charge in [-0.3, -0.25) is 4.79 Å². The summed E-state index contributed by atoms with van der Waals surface area (Å²) in [4.78, 5) is 18.7. The van der Waals surface area contributed by atoms with Gasteiger partial charge in [0.1, 0.15) is 12.9 Å². The molecular weight excluding hydrogens is 309 g/mol. The Morgan fingerprint density at radius 1 is 1.22 bits per heavy atom. The zero-order valence-electron chi connectivity index (χ0n) is 12.6. The molecule has 2 aromatic rings. The van der Waals surface area contributed by atoms with Crippen molar-refractivity contribution < 1.29 is 22.7 Å². The lowest BCUT2D eigenvalue weighted by molar-refractivity contribution is -0.137. The second kappa shape index (κ2) is 6.76. The summed E-state index contributed by atoms with van der Waals surface area (Å²) in [5.41, 5.74) is 1.57. The van der Waals surface area contributed by atoms with Crippen LogP contribution in [0.2, 0.25) is 0 Å². The molecule has 122 valence electrons. The van der Waals surface area contributed by atoms with E-state index in [-0.39, 0.29) is 13.1 Å². The third kappa shape index (κ3) is 3.85. The van der Waals surface area contributed by atoms with Gasteiger partial charge in [-0.2, -0.15) is 13.2 Å². The first-order chi connectivity index (χ1) is 10.8. The number of hydrogen-bond acceptors (Lipinski definition) is 4. The number of carbonyl (C=O) groups is 1. The maximum atomic E-state index is 12.9. The van der Waals surface area contributed by atoms with Crippen molar-refractivity contribution in [3.05, 3.63) is 58.7 Å². The number of aryl methyl sites for hydroxylation is 2. The summed E-state index contributed by atoms with van der Waals surface area (Å²) in [6.45, 7) is 3.67. The van der Waals surface area contributed by atoms with Gasteiger partial charge in [0, 0.05) is 22.9 Å². The van der Waals surface area contributed by atoms with Gasteiger partial charge in [0.25, 0.3) is 6.47 Å². The van der Waals surface area contributed by atoms with Gasteiger partial charge in [0.15, 0.2) is 0 Å². The molecule has 0 N–H and O–H groups in total. The Labute approximate surface area is 131 Å². The summed E-state index contributed by atoms with van der Waals surface area (Å²) in [5.74, 6) is -0.566. The van der Waals surface area contributed by atoms with Crippen LogP contribution in [0.4, 0.5) is 13.2 Å². The maximum Gasteiger partial charge on any atom is 0.416 e. The largest absolute Gasteiger partial charge is 0.467 e. The molecule has 1 aromatic carbocycles. The highest BCUT2D eigenvalue weighted by molar-refractivity contribution is 5.41. The smallest absolute Gasteiger partial charge is 0.416 e. The molecule has 0 amide bonds. The molecule has 7 heteroatoms. The minimum absolute atomic E-state index is 0.0835. The van der Waals surface area contributed by atoms with Crippen LogP contribution in [0, 0.1) is 13.8 Å². The highest BCUT2D eigenvalue weighted by Gasteiger charge is 2.31. The van der Waals surface area contributed by atoms with Crippen LogP contribution in [-0.4, -0.2) is 23.0 Å². The molecule has 0 aliphatic carbocycles. The Hall–Kier alpha value is -2.44. The van der Waals surface area contributed by atoms with E-state index in [2.05, 4.69) is 9.97 Å². The van der Waals surface area contributed by atoms with Gasteiger partial charge in [-0.15, -0.1) is 0 Å². The second-order valence-electron chi connectivity index (χ2n) is 5.06. The molecular formula is C16H15F3N2O2. The molecule has 0 bridgehead atoms. The van der Waals surface area contributed by atoms with Crippen LogP contribution in [0.3, 0.4) is 0 Å². The molecule has 23 heavy (non-hydrogen) atoms. The zero-order valence-corrected chi connectivity index (χ0v) is 12.6. The van der Waals surface area contributed by atoms with E-state index >= 15 is 0 Å². The number of aromatic nitrogens is 2. The van der Waals surface area contributed by atoms with Crippen LogP contribution < -0.4 is 0 Å². The van der Waals surface area contributed by atoms with Crippen LogP contribution in [0.1, 0.15) is 34.0 Å². The Balaban J connectivity index is 2.54. The van der Waals surface area contributed by atoms with Crippen molar-refractivity contribution in [3.8, 4) is 0 Å². The van der Waals surface area contributed by atoms with Crippen molar-refractivity contribution in [3.63, 3.8) is 0 Å². The summed E-state index contributed by atoms with van der Waals surface area (Å²) in [5, 5.41) is 0. The molecule has 0 radical (unpaired) electrons. The number of ether oxygens (including phenoxy) is 1. The fraction of sp³-hybridized carbons (Fsp3) is 0.312. The lowest BCUT2D eigenvalue weighted by Gasteiger charge is -2.21. The molecule has 0 saturated heterocycles. The molecule has 1 aromatic heterocycles. The Morgan fingerprint density at radius 2 is 1.87 bits per heavy atom.